The van der Waals surface area contributed by atoms with Crippen molar-refractivity contribution in [2.45, 2.75) is 42.0 Å². The summed E-state index contributed by atoms with van der Waals surface area (Å²) in [7, 11) is 0. The van der Waals surface area contributed by atoms with Gasteiger partial charge >= 0.3 is 0 Å². The van der Waals surface area contributed by atoms with E-state index in [0.717, 1.165) is 33.5 Å². The number of aliphatic hydroxyl groups excluding tert-OH is 1. The van der Waals surface area contributed by atoms with E-state index in [1.165, 1.54) is 11.5 Å². The first kappa shape index (κ1) is 13.5. The summed E-state index contributed by atoms with van der Waals surface area (Å²) in [6, 6.07) is 7.98. The topological polar surface area (TPSA) is 46.0 Å². The molecule has 0 unspecified atom stereocenters. The SMILES string of the molecule is CCc1nsc(Sc2ccc([C@H](O)CC)cc2)n1. The Labute approximate surface area is 115 Å². The first-order chi connectivity index (χ1) is 8.72. The second kappa shape index (κ2) is 6.31. The first-order valence-electron chi connectivity index (χ1n) is 6.01. The van der Waals surface area contributed by atoms with E-state index in [9.17, 15) is 5.11 Å². The molecule has 1 aromatic heterocycles. The van der Waals surface area contributed by atoms with Gasteiger partial charge < -0.3 is 5.11 Å². The molecule has 1 N–H and O–H groups in total. The summed E-state index contributed by atoms with van der Waals surface area (Å²) in [6.45, 7) is 4.03. The van der Waals surface area contributed by atoms with Gasteiger partial charge in [-0.15, -0.1) is 0 Å². The fourth-order valence-electron chi connectivity index (χ4n) is 1.52. The standard InChI is InChI=1S/C13H16N2OS2/c1-3-11(16)9-5-7-10(8-6-9)17-13-14-12(4-2)15-18-13/h5-8,11,16H,3-4H2,1-2H3/t11-/m1/s1. The summed E-state index contributed by atoms with van der Waals surface area (Å²) >= 11 is 3.05. The predicted octanol–water partition coefficient (Wildman–Crippen LogP) is 3.70. The molecular formula is C13H16N2OS2. The third-order valence-corrected chi connectivity index (χ3v) is 4.42. The number of hydrogen-bond donors (Lipinski definition) is 1. The van der Waals surface area contributed by atoms with Crippen LogP contribution in [0.4, 0.5) is 0 Å². The molecule has 0 aliphatic rings. The molecule has 1 atom stereocenters. The molecule has 0 bridgehead atoms. The summed E-state index contributed by atoms with van der Waals surface area (Å²) in [5.41, 5.74) is 0.966. The molecule has 5 heteroatoms. The Bertz CT molecular complexity index is 496. The first-order valence-corrected chi connectivity index (χ1v) is 7.60. The number of aliphatic hydroxyl groups is 1. The third-order valence-electron chi connectivity index (χ3n) is 2.62. The van der Waals surface area contributed by atoms with Crippen LogP contribution in [0.15, 0.2) is 33.5 Å². The highest BCUT2D eigenvalue weighted by Gasteiger charge is 2.07. The van der Waals surface area contributed by atoms with Crippen molar-refractivity contribution in [2.75, 3.05) is 0 Å². The van der Waals surface area contributed by atoms with Crippen molar-refractivity contribution in [3.05, 3.63) is 35.7 Å². The molecule has 0 amide bonds. The minimum atomic E-state index is -0.364. The van der Waals surface area contributed by atoms with Crippen molar-refractivity contribution >= 4 is 23.3 Å². The number of hydrogen-bond acceptors (Lipinski definition) is 5. The van der Waals surface area contributed by atoms with Crippen LogP contribution in [0.25, 0.3) is 0 Å². The summed E-state index contributed by atoms with van der Waals surface area (Å²) in [5, 5.41) is 9.72. The Kier molecular flexibility index (Phi) is 4.74. The molecule has 0 aliphatic heterocycles. The van der Waals surface area contributed by atoms with Gasteiger partial charge in [0.15, 0.2) is 4.34 Å². The predicted molar refractivity (Wildman–Crippen MR) is 75.1 cm³/mol. The molecule has 0 saturated carbocycles. The van der Waals surface area contributed by atoms with Crippen LogP contribution in [-0.2, 0) is 6.42 Å². The van der Waals surface area contributed by atoms with Gasteiger partial charge in [-0.1, -0.05) is 37.7 Å². The van der Waals surface area contributed by atoms with Gasteiger partial charge in [0.2, 0.25) is 0 Å². The third kappa shape index (κ3) is 3.31. The Morgan fingerprint density at radius 1 is 1.28 bits per heavy atom. The summed E-state index contributed by atoms with van der Waals surface area (Å²) in [5.74, 6) is 0.903. The van der Waals surface area contributed by atoms with Gasteiger partial charge in [-0.05, 0) is 35.6 Å². The van der Waals surface area contributed by atoms with Crippen LogP contribution in [0.2, 0.25) is 0 Å². The van der Waals surface area contributed by atoms with Crippen molar-refractivity contribution < 1.29 is 5.11 Å². The van der Waals surface area contributed by atoms with Gasteiger partial charge in [0.25, 0.3) is 0 Å². The second-order valence-electron chi connectivity index (χ2n) is 3.93. The van der Waals surface area contributed by atoms with Crippen molar-refractivity contribution in [1.29, 1.82) is 0 Å². The van der Waals surface area contributed by atoms with E-state index in [1.54, 1.807) is 11.8 Å². The lowest BCUT2D eigenvalue weighted by Crippen LogP contribution is -1.93. The van der Waals surface area contributed by atoms with E-state index in [1.807, 2.05) is 31.2 Å². The van der Waals surface area contributed by atoms with Crippen molar-refractivity contribution in [3.63, 3.8) is 0 Å². The molecule has 2 aromatic rings. The van der Waals surface area contributed by atoms with E-state index in [2.05, 4.69) is 16.3 Å². The minimum absolute atomic E-state index is 0.364. The zero-order valence-electron chi connectivity index (χ0n) is 10.5. The van der Waals surface area contributed by atoms with Crippen LogP contribution in [0.1, 0.15) is 37.8 Å². The maximum Gasteiger partial charge on any atom is 0.174 e. The highest BCUT2D eigenvalue weighted by molar-refractivity contribution is 8.01. The van der Waals surface area contributed by atoms with Crippen LogP contribution < -0.4 is 0 Å². The number of aryl methyl sites for hydroxylation is 1. The van der Waals surface area contributed by atoms with Gasteiger partial charge in [-0.3, -0.25) is 0 Å². The zero-order valence-corrected chi connectivity index (χ0v) is 12.1. The molecule has 18 heavy (non-hydrogen) atoms. The minimum Gasteiger partial charge on any atom is -0.388 e. The quantitative estimate of drug-likeness (QED) is 0.907. The molecule has 3 nitrogen and oxygen atoms in total. The Balaban J connectivity index is 2.06. The van der Waals surface area contributed by atoms with Crippen LogP contribution in [0.5, 0.6) is 0 Å². The Morgan fingerprint density at radius 2 is 2.00 bits per heavy atom. The molecule has 96 valence electrons. The second-order valence-corrected chi connectivity index (χ2v) is 6.00. The molecular weight excluding hydrogens is 264 g/mol. The van der Waals surface area contributed by atoms with Gasteiger partial charge in [0, 0.05) is 11.3 Å². The normalized spacial score (nSPS) is 12.6. The van der Waals surface area contributed by atoms with Crippen LogP contribution in [-0.4, -0.2) is 14.5 Å². The van der Waals surface area contributed by atoms with E-state index in [-0.39, 0.29) is 6.10 Å². The average Bonchev–Trinajstić information content (AvgIpc) is 2.86. The van der Waals surface area contributed by atoms with Crippen molar-refractivity contribution in [2.24, 2.45) is 0 Å². The molecule has 0 fully saturated rings. The van der Waals surface area contributed by atoms with Crippen molar-refractivity contribution in [3.8, 4) is 0 Å². The average molecular weight is 280 g/mol. The van der Waals surface area contributed by atoms with E-state index >= 15 is 0 Å². The lowest BCUT2D eigenvalue weighted by atomic mass is 10.1. The highest BCUT2D eigenvalue weighted by Crippen LogP contribution is 2.30. The van der Waals surface area contributed by atoms with Gasteiger partial charge in [-0.2, -0.15) is 4.37 Å². The molecule has 0 radical (unpaired) electrons. The summed E-state index contributed by atoms with van der Waals surface area (Å²) < 4.78 is 5.23. The van der Waals surface area contributed by atoms with Crippen LogP contribution in [0.3, 0.4) is 0 Å². The molecule has 2 rings (SSSR count). The van der Waals surface area contributed by atoms with E-state index in [0.29, 0.717) is 0 Å². The monoisotopic (exact) mass is 280 g/mol. The summed E-state index contributed by atoms with van der Waals surface area (Å²) in [4.78, 5) is 5.54. The van der Waals surface area contributed by atoms with Gasteiger partial charge in [0.1, 0.15) is 5.82 Å². The van der Waals surface area contributed by atoms with Gasteiger partial charge in [0.05, 0.1) is 6.10 Å². The lowest BCUT2D eigenvalue weighted by Gasteiger charge is -2.08. The Morgan fingerprint density at radius 3 is 2.56 bits per heavy atom. The smallest absolute Gasteiger partial charge is 0.174 e. The number of rotatable bonds is 5. The van der Waals surface area contributed by atoms with Crippen LogP contribution in [0, 0.1) is 0 Å². The molecule has 1 aromatic carbocycles. The Hall–Kier alpha value is -0.910. The van der Waals surface area contributed by atoms with E-state index < -0.39 is 0 Å². The fourth-order valence-corrected chi connectivity index (χ4v) is 3.19. The van der Waals surface area contributed by atoms with Crippen LogP contribution >= 0.6 is 23.3 Å². The summed E-state index contributed by atoms with van der Waals surface area (Å²) in [6.07, 6.45) is 1.25. The largest absolute Gasteiger partial charge is 0.388 e. The maximum atomic E-state index is 9.72. The zero-order chi connectivity index (χ0) is 13.0. The lowest BCUT2D eigenvalue weighted by molar-refractivity contribution is 0.173. The number of nitrogens with zero attached hydrogens (tertiary/aromatic N) is 2. The highest BCUT2D eigenvalue weighted by atomic mass is 32.2. The molecule has 0 aliphatic carbocycles. The van der Waals surface area contributed by atoms with Gasteiger partial charge in [-0.25, -0.2) is 4.98 Å². The fraction of sp³-hybridized carbons (Fsp3) is 0.385. The molecule has 0 saturated heterocycles. The van der Waals surface area contributed by atoms with E-state index in [4.69, 9.17) is 0 Å². The number of aromatic nitrogens is 2. The molecule has 1 heterocycles. The maximum absolute atomic E-state index is 9.72. The molecule has 0 spiro atoms. The van der Waals surface area contributed by atoms with Crippen molar-refractivity contribution in [1.82, 2.24) is 9.36 Å². The number of benzene rings is 1.